The lowest BCUT2D eigenvalue weighted by Gasteiger charge is -2.28. The van der Waals surface area contributed by atoms with Crippen molar-refractivity contribution in [2.75, 3.05) is 6.54 Å². The van der Waals surface area contributed by atoms with E-state index >= 15 is 0 Å². The first-order valence-corrected chi connectivity index (χ1v) is 12.5. The first-order valence-electron chi connectivity index (χ1n) is 12.1. The zero-order valence-corrected chi connectivity index (χ0v) is 20.8. The standard InChI is InChI=1S/C28H27ClN4O4/c29-21-7-3-6-19(15-21)23-9-4-14-32(23)28(37)26(35)25(34)27(36)30-16-18-10-12-22(13-11-18)33-24-8-2-1-5-20(24)17-31-33/h1-3,5-8,10-13,15,17,23,25-26,34-35H,4,9,14,16H2,(H,30,36)/t23?,25-,26-/m1/s1. The fourth-order valence-electron chi connectivity index (χ4n) is 4.77. The number of para-hydroxylation sites is 1. The van der Waals surface area contributed by atoms with Crippen molar-refractivity contribution in [2.45, 2.75) is 37.6 Å². The molecule has 5 rings (SSSR count). The molecule has 0 radical (unpaired) electrons. The summed E-state index contributed by atoms with van der Waals surface area (Å²) < 4.78 is 1.83. The van der Waals surface area contributed by atoms with E-state index in [0.29, 0.717) is 18.0 Å². The Kier molecular flexibility index (Phi) is 7.23. The fourth-order valence-corrected chi connectivity index (χ4v) is 4.96. The lowest BCUT2D eigenvalue weighted by Crippen LogP contribution is -2.50. The van der Waals surface area contributed by atoms with Gasteiger partial charge in [-0.15, -0.1) is 0 Å². The molecule has 0 bridgehead atoms. The van der Waals surface area contributed by atoms with Crippen LogP contribution in [-0.2, 0) is 16.1 Å². The molecule has 37 heavy (non-hydrogen) atoms. The van der Waals surface area contributed by atoms with Gasteiger partial charge in [0.15, 0.2) is 12.2 Å². The molecule has 0 saturated carbocycles. The van der Waals surface area contributed by atoms with Gasteiger partial charge in [0, 0.05) is 23.5 Å². The number of hydrogen-bond acceptors (Lipinski definition) is 5. The summed E-state index contributed by atoms with van der Waals surface area (Å²) >= 11 is 6.10. The number of aromatic nitrogens is 2. The van der Waals surface area contributed by atoms with Gasteiger partial charge >= 0.3 is 0 Å². The van der Waals surface area contributed by atoms with Crippen LogP contribution >= 0.6 is 11.6 Å². The minimum absolute atomic E-state index is 0.131. The Balaban J connectivity index is 1.19. The van der Waals surface area contributed by atoms with E-state index in [2.05, 4.69) is 10.4 Å². The number of hydrogen-bond donors (Lipinski definition) is 3. The van der Waals surface area contributed by atoms with Gasteiger partial charge < -0.3 is 20.4 Å². The topological polar surface area (TPSA) is 108 Å². The molecule has 3 aromatic carbocycles. The van der Waals surface area contributed by atoms with E-state index in [9.17, 15) is 19.8 Å². The van der Waals surface area contributed by atoms with Crippen molar-refractivity contribution in [3.05, 3.63) is 95.1 Å². The van der Waals surface area contributed by atoms with Gasteiger partial charge in [-0.05, 0) is 54.3 Å². The van der Waals surface area contributed by atoms with Crippen LogP contribution in [0.1, 0.15) is 30.0 Å². The monoisotopic (exact) mass is 518 g/mol. The number of carbonyl (C=O) groups is 2. The Bertz CT molecular complexity index is 1420. The molecule has 190 valence electrons. The number of fused-ring (bicyclic) bond motifs is 1. The third-order valence-electron chi connectivity index (χ3n) is 6.71. The van der Waals surface area contributed by atoms with Crippen molar-refractivity contribution in [3.8, 4) is 5.69 Å². The van der Waals surface area contributed by atoms with Gasteiger partial charge in [0.05, 0.1) is 23.4 Å². The highest BCUT2D eigenvalue weighted by atomic mass is 35.5. The molecule has 2 amide bonds. The molecule has 1 aromatic heterocycles. The molecule has 8 nitrogen and oxygen atoms in total. The number of rotatable bonds is 7. The molecule has 3 atom stereocenters. The van der Waals surface area contributed by atoms with E-state index in [1.807, 2.05) is 59.3 Å². The van der Waals surface area contributed by atoms with E-state index in [1.165, 1.54) is 4.90 Å². The molecule has 4 aromatic rings. The van der Waals surface area contributed by atoms with Crippen LogP contribution in [0.4, 0.5) is 0 Å². The van der Waals surface area contributed by atoms with Gasteiger partial charge in [0.1, 0.15) is 0 Å². The summed E-state index contributed by atoms with van der Waals surface area (Å²) in [6, 6.07) is 22.3. The SMILES string of the molecule is O=C(NCc1ccc(-n2ncc3ccccc32)cc1)[C@H](O)[C@@H](O)C(=O)N1CCCC1c1cccc(Cl)c1. The molecular weight excluding hydrogens is 492 g/mol. The maximum Gasteiger partial charge on any atom is 0.255 e. The quantitative estimate of drug-likeness (QED) is 0.347. The lowest BCUT2D eigenvalue weighted by atomic mass is 10.0. The smallest absolute Gasteiger partial charge is 0.255 e. The van der Waals surface area contributed by atoms with Crippen LogP contribution in [0, 0.1) is 0 Å². The van der Waals surface area contributed by atoms with E-state index in [0.717, 1.165) is 34.1 Å². The minimum Gasteiger partial charge on any atom is -0.380 e. The van der Waals surface area contributed by atoms with Crippen LogP contribution in [0.15, 0.2) is 79.0 Å². The van der Waals surface area contributed by atoms with Crippen molar-refractivity contribution >= 4 is 34.3 Å². The van der Waals surface area contributed by atoms with E-state index in [4.69, 9.17) is 11.6 Å². The fraction of sp³-hybridized carbons (Fsp3) is 0.250. The molecule has 0 spiro atoms. The number of likely N-dealkylation sites (tertiary alicyclic amines) is 1. The van der Waals surface area contributed by atoms with Crippen molar-refractivity contribution < 1.29 is 19.8 Å². The third kappa shape index (κ3) is 5.22. The Morgan fingerprint density at radius 2 is 1.81 bits per heavy atom. The van der Waals surface area contributed by atoms with E-state index in [-0.39, 0.29) is 12.6 Å². The summed E-state index contributed by atoms with van der Waals surface area (Å²) in [4.78, 5) is 27.0. The summed E-state index contributed by atoms with van der Waals surface area (Å²) in [7, 11) is 0. The maximum absolute atomic E-state index is 13.0. The second kappa shape index (κ2) is 10.7. The maximum atomic E-state index is 13.0. The second-order valence-corrected chi connectivity index (χ2v) is 9.57. The first-order chi connectivity index (χ1) is 17.9. The predicted molar refractivity (Wildman–Crippen MR) is 140 cm³/mol. The van der Waals surface area contributed by atoms with Crippen LogP contribution in [0.2, 0.25) is 5.02 Å². The highest BCUT2D eigenvalue weighted by molar-refractivity contribution is 6.30. The highest BCUT2D eigenvalue weighted by Crippen LogP contribution is 2.33. The lowest BCUT2D eigenvalue weighted by molar-refractivity contribution is -0.153. The average molecular weight is 519 g/mol. The molecule has 1 unspecified atom stereocenters. The van der Waals surface area contributed by atoms with Gasteiger partial charge in [0.25, 0.3) is 11.8 Å². The predicted octanol–water partition coefficient (Wildman–Crippen LogP) is 3.38. The summed E-state index contributed by atoms with van der Waals surface area (Å²) in [5.74, 6) is -1.50. The highest BCUT2D eigenvalue weighted by Gasteiger charge is 2.38. The van der Waals surface area contributed by atoms with Crippen molar-refractivity contribution in [1.29, 1.82) is 0 Å². The van der Waals surface area contributed by atoms with Gasteiger partial charge in [0.2, 0.25) is 0 Å². The Labute approximate surface area is 219 Å². The number of nitrogens with one attached hydrogen (secondary N) is 1. The number of nitrogens with zero attached hydrogens (tertiary/aromatic N) is 3. The van der Waals surface area contributed by atoms with Crippen LogP contribution in [0.5, 0.6) is 0 Å². The normalized spacial score (nSPS) is 17.1. The summed E-state index contributed by atoms with van der Waals surface area (Å²) in [6.45, 7) is 0.561. The summed E-state index contributed by atoms with van der Waals surface area (Å²) in [5.41, 5.74) is 3.51. The number of carbonyl (C=O) groups excluding carboxylic acids is 2. The van der Waals surface area contributed by atoms with Crippen LogP contribution in [0.25, 0.3) is 16.6 Å². The Hall–Kier alpha value is -3.72. The Morgan fingerprint density at radius 1 is 1.03 bits per heavy atom. The summed E-state index contributed by atoms with van der Waals surface area (Å²) in [5, 5.41) is 29.6. The number of aliphatic hydroxyl groups excluding tert-OH is 2. The number of amides is 2. The molecule has 1 aliphatic heterocycles. The van der Waals surface area contributed by atoms with E-state index in [1.54, 1.807) is 24.4 Å². The molecule has 1 aliphatic rings. The molecule has 0 aliphatic carbocycles. The van der Waals surface area contributed by atoms with Gasteiger partial charge in [-0.2, -0.15) is 5.10 Å². The van der Waals surface area contributed by atoms with Crippen LogP contribution < -0.4 is 5.32 Å². The second-order valence-electron chi connectivity index (χ2n) is 9.13. The Morgan fingerprint density at radius 3 is 2.59 bits per heavy atom. The third-order valence-corrected chi connectivity index (χ3v) is 6.95. The molecule has 3 N–H and O–H groups in total. The molecule has 1 fully saturated rings. The average Bonchev–Trinajstić information content (AvgIpc) is 3.58. The van der Waals surface area contributed by atoms with Crippen LogP contribution in [0.3, 0.4) is 0 Å². The number of benzene rings is 3. The van der Waals surface area contributed by atoms with Crippen molar-refractivity contribution in [2.24, 2.45) is 0 Å². The zero-order chi connectivity index (χ0) is 25.9. The molecular formula is C28H27ClN4O4. The minimum atomic E-state index is -1.89. The largest absolute Gasteiger partial charge is 0.380 e. The molecule has 2 heterocycles. The van der Waals surface area contributed by atoms with Crippen molar-refractivity contribution in [1.82, 2.24) is 20.0 Å². The zero-order valence-electron chi connectivity index (χ0n) is 20.0. The van der Waals surface area contributed by atoms with Gasteiger partial charge in [-0.25, -0.2) is 4.68 Å². The number of aliphatic hydroxyl groups is 2. The summed E-state index contributed by atoms with van der Waals surface area (Å²) in [6.07, 6.45) is -0.483. The van der Waals surface area contributed by atoms with Crippen molar-refractivity contribution in [3.63, 3.8) is 0 Å². The van der Waals surface area contributed by atoms with E-state index < -0.39 is 24.0 Å². The van der Waals surface area contributed by atoms with Gasteiger partial charge in [-0.1, -0.05) is 54.1 Å². The van der Waals surface area contributed by atoms with Gasteiger partial charge in [-0.3, -0.25) is 9.59 Å². The molecule has 1 saturated heterocycles. The van der Waals surface area contributed by atoms with Crippen LogP contribution in [-0.4, -0.2) is 55.5 Å². The first kappa shape index (κ1) is 25.0. The molecule has 9 heteroatoms. The number of halogens is 1.